The molecule has 1 aromatic rings. The van der Waals surface area contributed by atoms with E-state index in [4.69, 9.17) is 4.74 Å². The third-order valence-corrected chi connectivity index (χ3v) is 5.72. The van der Waals surface area contributed by atoms with Gasteiger partial charge in [0, 0.05) is 30.2 Å². The van der Waals surface area contributed by atoms with Crippen LogP contribution in [-0.4, -0.2) is 37.2 Å². The van der Waals surface area contributed by atoms with Crippen molar-refractivity contribution >= 4 is 0 Å². The zero-order valence-corrected chi connectivity index (χ0v) is 13.9. The molecule has 3 heteroatoms. The number of benzene rings is 1. The van der Waals surface area contributed by atoms with E-state index in [9.17, 15) is 0 Å². The number of fused-ring (bicyclic) bond motifs is 1. The van der Waals surface area contributed by atoms with Crippen LogP contribution in [0.1, 0.15) is 37.9 Å². The Morgan fingerprint density at radius 3 is 2.76 bits per heavy atom. The van der Waals surface area contributed by atoms with Gasteiger partial charge in [-0.1, -0.05) is 17.7 Å². The summed E-state index contributed by atoms with van der Waals surface area (Å²) in [5.41, 5.74) is 2.86. The molecule has 0 aromatic heterocycles. The molecule has 0 amide bonds. The van der Waals surface area contributed by atoms with E-state index in [0.717, 1.165) is 24.1 Å². The van der Waals surface area contributed by atoms with Crippen LogP contribution in [0.4, 0.5) is 0 Å². The molecular formula is C18H28N2O. The Morgan fingerprint density at radius 2 is 2.10 bits per heavy atom. The van der Waals surface area contributed by atoms with Crippen LogP contribution < -0.4 is 10.1 Å². The van der Waals surface area contributed by atoms with Gasteiger partial charge in [-0.2, -0.15) is 0 Å². The van der Waals surface area contributed by atoms with Crippen LogP contribution in [0.25, 0.3) is 0 Å². The average molecular weight is 288 g/mol. The molecule has 0 bridgehead atoms. The summed E-state index contributed by atoms with van der Waals surface area (Å²) in [5, 5.41) is 3.56. The smallest absolute Gasteiger partial charge is 0.123 e. The van der Waals surface area contributed by atoms with Crippen molar-refractivity contribution in [2.24, 2.45) is 11.8 Å². The second kappa shape index (κ2) is 5.29. The van der Waals surface area contributed by atoms with E-state index < -0.39 is 0 Å². The highest BCUT2D eigenvalue weighted by Crippen LogP contribution is 2.46. The summed E-state index contributed by atoms with van der Waals surface area (Å²) in [7, 11) is 1.77. The van der Waals surface area contributed by atoms with E-state index >= 15 is 0 Å². The average Bonchev–Trinajstić information content (AvgIpc) is 3.00. The van der Waals surface area contributed by atoms with Gasteiger partial charge in [0.25, 0.3) is 0 Å². The Bertz CT molecular complexity index is 526. The largest absolute Gasteiger partial charge is 0.496 e. The molecule has 2 heterocycles. The van der Waals surface area contributed by atoms with Gasteiger partial charge in [0.15, 0.2) is 0 Å². The highest BCUT2D eigenvalue weighted by Gasteiger charge is 2.51. The second-order valence-corrected chi connectivity index (χ2v) is 7.25. The van der Waals surface area contributed by atoms with Crippen molar-refractivity contribution in [2.75, 3.05) is 26.7 Å². The zero-order chi connectivity index (χ0) is 15.2. The Labute approximate surface area is 128 Å². The summed E-state index contributed by atoms with van der Waals surface area (Å²) in [6, 6.07) is 6.90. The number of nitrogens with zero attached hydrogens (tertiary/aromatic N) is 1. The lowest BCUT2D eigenvalue weighted by molar-refractivity contribution is 0.0957. The standard InChI is InChI=1S/C18H28N2O/c1-12-6-7-17(21-5)15(8-12)13(2)20-11-14-9-19-10-16(14)18(20,3)4/h6-8,13-14,16,19H,9-11H2,1-5H3. The third kappa shape index (κ3) is 2.36. The van der Waals surface area contributed by atoms with Crippen molar-refractivity contribution in [3.8, 4) is 5.75 Å². The number of nitrogens with one attached hydrogen (secondary N) is 1. The summed E-state index contributed by atoms with van der Waals surface area (Å²) in [6.45, 7) is 12.8. The molecule has 2 aliphatic rings. The Balaban J connectivity index is 1.92. The Morgan fingerprint density at radius 1 is 1.33 bits per heavy atom. The molecule has 21 heavy (non-hydrogen) atoms. The van der Waals surface area contributed by atoms with Gasteiger partial charge < -0.3 is 10.1 Å². The van der Waals surface area contributed by atoms with Crippen LogP contribution in [0, 0.1) is 18.8 Å². The van der Waals surface area contributed by atoms with Gasteiger partial charge in [-0.15, -0.1) is 0 Å². The molecule has 3 nitrogen and oxygen atoms in total. The number of rotatable bonds is 3. The lowest BCUT2D eigenvalue weighted by Gasteiger charge is -2.40. The quantitative estimate of drug-likeness (QED) is 0.925. The fraction of sp³-hybridized carbons (Fsp3) is 0.667. The monoisotopic (exact) mass is 288 g/mol. The van der Waals surface area contributed by atoms with Crippen molar-refractivity contribution in [3.63, 3.8) is 0 Å². The van der Waals surface area contributed by atoms with Crippen LogP contribution in [0.15, 0.2) is 18.2 Å². The number of likely N-dealkylation sites (tertiary alicyclic amines) is 1. The minimum atomic E-state index is 0.238. The van der Waals surface area contributed by atoms with Crippen molar-refractivity contribution in [2.45, 2.75) is 39.3 Å². The van der Waals surface area contributed by atoms with Crippen LogP contribution in [0.3, 0.4) is 0 Å². The van der Waals surface area contributed by atoms with Crippen LogP contribution >= 0.6 is 0 Å². The maximum absolute atomic E-state index is 5.60. The van der Waals surface area contributed by atoms with Crippen LogP contribution in [-0.2, 0) is 0 Å². The molecule has 0 spiro atoms. The number of hydrogen-bond acceptors (Lipinski definition) is 3. The molecule has 3 rings (SSSR count). The van der Waals surface area contributed by atoms with Gasteiger partial charge >= 0.3 is 0 Å². The first-order chi connectivity index (χ1) is 9.95. The first-order valence-electron chi connectivity index (χ1n) is 8.07. The van der Waals surface area contributed by atoms with E-state index in [2.05, 4.69) is 56.1 Å². The lowest BCUT2D eigenvalue weighted by Crippen LogP contribution is -2.45. The fourth-order valence-corrected chi connectivity index (χ4v) is 4.46. The first kappa shape index (κ1) is 14.9. The topological polar surface area (TPSA) is 24.5 Å². The van der Waals surface area contributed by atoms with Gasteiger partial charge in [0.2, 0.25) is 0 Å². The number of hydrogen-bond donors (Lipinski definition) is 1. The van der Waals surface area contributed by atoms with Crippen molar-refractivity contribution in [1.82, 2.24) is 10.2 Å². The van der Waals surface area contributed by atoms with E-state index in [0.29, 0.717) is 6.04 Å². The predicted octanol–water partition coefficient (Wildman–Crippen LogP) is 2.99. The van der Waals surface area contributed by atoms with E-state index in [-0.39, 0.29) is 5.54 Å². The summed E-state index contributed by atoms with van der Waals surface area (Å²) >= 11 is 0. The molecule has 3 atom stereocenters. The molecule has 2 fully saturated rings. The van der Waals surface area contributed by atoms with E-state index in [1.165, 1.54) is 24.2 Å². The molecule has 116 valence electrons. The highest BCUT2D eigenvalue weighted by molar-refractivity contribution is 5.39. The summed E-state index contributed by atoms with van der Waals surface area (Å²) < 4.78 is 5.60. The first-order valence-corrected chi connectivity index (χ1v) is 8.07. The Kier molecular flexibility index (Phi) is 3.74. The highest BCUT2D eigenvalue weighted by atomic mass is 16.5. The third-order valence-electron chi connectivity index (χ3n) is 5.72. The molecule has 0 aliphatic carbocycles. The molecule has 2 saturated heterocycles. The van der Waals surface area contributed by atoms with Gasteiger partial charge in [-0.3, -0.25) is 4.90 Å². The van der Waals surface area contributed by atoms with Gasteiger partial charge in [-0.05, 0) is 52.1 Å². The molecular weight excluding hydrogens is 260 g/mol. The number of ether oxygens (including phenoxy) is 1. The molecule has 1 N–H and O–H groups in total. The van der Waals surface area contributed by atoms with Crippen molar-refractivity contribution in [1.29, 1.82) is 0 Å². The maximum atomic E-state index is 5.60. The zero-order valence-electron chi connectivity index (χ0n) is 13.9. The van der Waals surface area contributed by atoms with Crippen molar-refractivity contribution in [3.05, 3.63) is 29.3 Å². The van der Waals surface area contributed by atoms with E-state index in [1.54, 1.807) is 7.11 Å². The summed E-state index contributed by atoms with van der Waals surface area (Å²) in [4.78, 5) is 2.68. The van der Waals surface area contributed by atoms with Gasteiger partial charge in [0.1, 0.15) is 5.75 Å². The minimum absolute atomic E-state index is 0.238. The molecule has 0 saturated carbocycles. The summed E-state index contributed by atoms with van der Waals surface area (Å²) in [6.07, 6.45) is 0. The van der Waals surface area contributed by atoms with E-state index in [1.807, 2.05) is 0 Å². The maximum Gasteiger partial charge on any atom is 0.123 e. The summed E-state index contributed by atoms with van der Waals surface area (Å²) in [5.74, 6) is 2.56. The molecule has 0 radical (unpaired) electrons. The van der Waals surface area contributed by atoms with Gasteiger partial charge in [0.05, 0.1) is 7.11 Å². The normalized spacial score (nSPS) is 29.4. The fourth-order valence-electron chi connectivity index (χ4n) is 4.46. The second-order valence-electron chi connectivity index (χ2n) is 7.25. The molecule has 2 aliphatic heterocycles. The minimum Gasteiger partial charge on any atom is -0.496 e. The predicted molar refractivity (Wildman–Crippen MR) is 86.8 cm³/mol. The lowest BCUT2D eigenvalue weighted by atomic mass is 9.84. The number of aryl methyl sites for hydroxylation is 1. The van der Waals surface area contributed by atoms with Crippen LogP contribution in [0.2, 0.25) is 0 Å². The molecule has 3 unspecified atom stereocenters. The van der Waals surface area contributed by atoms with Gasteiger partial charge in [-0.25, -0.2) is 0 Å². The van der Waals surface area contributed by atoms with Crippen LogP contribution in [0.5, 0.6) is 5.75 Å². The SMILES string of the molecule is COc1ccc(C)cc1C(C)N1CC2CNCC2C1(C)C. The Hall–Kier alpha value is -1.06. The number of methoxy groups -OCH3 is 1. The molecule has 1 aromatic carbocycles. The van der Waals surface area contributed by atoms with Crippen molar-refractivity contribution < 1.29 is 4.74 Å².